The molecule has 0 fully saturated rings. The van der Waals surface area contributed by atoms with Gasteiger partial charge >= 0.3 is 0 Å². The van der Waals surface area contributed by atoms with Gasteiger partial charge in [-0.1, -0.05) is 30.3 Å². The van der Waals surface area contributed by atoms with Gasteiger partial charge < -0.3 is 15.5 Å². The van der Waals surface area contributed by atoms with Gasteiger partial charge in [-0.3, -0.25) is 9.59 Å². The Morgan fingerprint density at radius 1 is 1.20 bits per heavy atom. The smallest absolute Gasteiger partial charge is 0.290 e. The van der Waals surface area contributed by atoms with Crippen molar-refractivity contribution in [3.63, 3.8) is 0 Å². The molecule has 1 aliphatic carbocycles. The van der Waals surface area contributed by atoms with E-state index in [0.29, 0.717) is 19.4 Å². The Kier molecular flexibility index (Phi) is 5.63. The molecule has 1 aromatic heterocycles. The van der Waals surface area contributed by atoms with Crippen LogP contribution in [0.3, 0.4) is 0 Å². The Bertz CT molecular complexity index is 744. The molecule has 1 amide bonds. The molecule has 3 rings (SSSR count). The molecule has 0 aliphatic heterocycles. The summed E-state index contributed by atoms with van der Waals surface area (Å²) in [6, 6.07) is 11.6. The van der Waals surface area contributed by atoms with Crippen LogP contribution in [0, 0.1) is 0 Å². The van der Waals surface area contributed by atoms with Crippen LogP contribution < -0.4 is 5.32 Å². The lowest BCUT2D eigenvalue weighted by Gasteiger charge is -2.23. The highest BCUT2D eigenvalue weighted by Gasteiger charge is 2.37. The van der Waals surface area contributed by atoms with E-state index in [1.165, 1.54) is 0 Å². The molecule has 6 heteroatoms. The molecule has 3 N–H and O–H groups in total. The highest BCUT2D eigenvalue weighted by Crippen LogP contribution is 2.36. The first-order chi connectivity index (χ1) is 12.1. The number of rotatable bonds is 7. The number of thiophene rings is 1. The Balaban J connectivity index is 1.55. The maximum Gasteiger partial charge on any atom is 0.290 e. The van der Waals surface area contributed by atoms with Gasteiger partial charge in [0.05, 0.1) is 6.10 Å². The van der Waals surface area contributed by atoms with Crippen molar-refractivity contribution in [3.8, 4) is 0 Å². The monoisotopic (exact) mass is 359 g/mol. The predicted octanol–water partition coefficient (Wildman–Crippen LogP) is 1.43. The molecule has 1 aromatic carbocycles. The first-order valence-electron chi connectivity index (χ1n) is 8.36. The Morgan fingerprint density at radius 3 is 2.76 bits per heavy atom. The highest BCUT2D eigenvalue weighted by atomic mass is 32.1. The van der Waals surface area contributed by atoms with Gasteiger partial charge in [0.1, 0.15) is 6.10 Å². The van der Waals surface area contributed by atoms with Gasteiger partial charge in [0, 0.05) is 17.3 Å². The number of aliphatic hydroxyl groups is 2. The Morgan fingerprint density at radius 2 is 2.00 bits per heavy atom. The number of nitrogens with one attached hydrogen (secondary N) is 1. The van der Waals surface area contributed by atoms with Crippen LogP contribution in [0.5, 0.6) is 0 Å². The van der Waals surface area contributed by atoms with Crippen molar-refractivity contribution in [1.29, 1.82) is 0 Å². The summed E-state index contributed by atoms with van der Waals surface area (Å²) in [6.45, 7) is 0.320. The average Bonchev–Trinajstić information content (AvgIpc) is 3.29. The quantitative estimate of drug-likeness (QED) is 0.653. The first-order valence-corrected chi connectivity index (χ1v) is 9.24. The second kappa shape index (κ2) is 7.91. The number of carbonyl (C=O) groups excluding carboxylic acids is 2. The average molecular weight is 359 g/mol. The third kappa shape index (κ3) is 3.98. The normalized spacial score (nSPS) is 18.4. The number of amides is 1. The standard InChI is InChI=1S/C19H21NO4S/c21-16(15-8-7-12-4-1-2-6-14(12)15)17(22)18(23)19(24)20-10-9-13-5-3-11-25-13/h1-6,11,15-17,21-22H,7-10H2,(H,20,24)/t15?,16?,17-/m0/s1. The molecule has 0 bridgehead atoms. The van der Waals surface area contributed by atoms with E-state index >= 15 is 0 Å². The van der Waals surface area contributed by atoms with Gasteiger partial charge in [0.25, 0.3) is 11.7 Å². The summed E-state index contributed by atoms with van der Waals surface area (Å²) < 4.78 is 0. The van der Waals surface area contributed by atoms with Crippen LogP contribution in [0.4, 0.5) is 0 Å². The molecule has 25 heavy (non-hydrogen) atoms. The molecule has 0 saturated carbocycles. The van der Waals surface area contributed by atoms with Gasteiger partial charge in [-0.2, -0.15) is 0 Å². The summed E-state index contributed by atoms with van der Waals surface area (Å²) in [6.07, 6.45) is -0.903. The van der Waals surface area contributed by atoms with Crippen molar-refractivity contribution in [2.75, 3.05) is 6.54 Å². The molecule has 132 valence electrons. The number of hydrogen-bond acceptors (Lipinski definition) is 5. The van der Waals surface area contributed by atoms with Crippen LogP contribution in [0.25, 0.3) is 0 Å². The molecule has 3 atom stereocenters. The Hall–Kier alpha value is -2.02. The van der Waals surface area contributed by atoms with Gasteiger partial charge in [0.15, 0.2) is 0 Å². The van der Waals surface area contributed by atoms with Crippen molar-refractivity contribution in [2.24, 2.45) is 0 Å². The minimum absolute atomic E-state index is 0.320. The molecule has 0 saturated heterocycles. The van der Waals surface area contributed by atoms with E-state index in [-0.39, 0.29) is 5.92 Å². The number of aliphatic hydroxyl groups excluding tert-OH is 2. The first kappa shape index (κ1) is 17.8. The lowest BCUT2D eigenvalue weighted by Crippen LogP contribution is -2.45. The van der Waals surface area contributed by atoms with Gasteiger partial charge in [0.2, 0.25) is 0 Å². The fourth-order valence-corrected chi connectivity index (χ4v) is 4.00. The fourth-order valence-electron chi connectivity index (χ4n) is 3.30. The summed E-state index contributed by atoms with van der Waals surface area (Å²) in [7, 11) is 0. The fraction of sp³-hybridized carbons (Fsp3) is 0.368. The van der Waals surface area contributed by atoms with Crippen molar-refractivity contribution < 1.29 is 19.8 Å². The molecular weight excluding hydrogens is 338 g/mol. The van der Waals surface area contributed by atoms with E-state index in [9.17, 15) is 19.8 Å². The summed E-state index contributed by atoms with van der Waals surface area (Å²) >= 11 is 1.58. The summed E-state index contributed by atoms with van der Waals surface area (Å²) in [4.78, 5) is 25.2. The SMILES string of the molecule is O=C(NCCc1cccs1)C(=O)[C@@H](O)C(O)C1CCc2ccccc21. The molecule has 2 aromatic rings. The van der Waals surface area contributed by atoms with E-state index in [0.717, 1.165) is 22.4 Å². The van der Waals surface area contributed by atoms with E-state index < -0.39 is 23.9 Å². The Labute approximate surface area is 150 Å². The van der Waals surface area contributed by atoms with Gasteiger partial charge in [-0.15, -0.1) is 11.3 Å². The minimum atomic E-state index is -1.71. The van der Waals surface area contributed by atoms with Crippen LogP contribution in [-0.2, 0) is 22.4 Å². The highest BCUT2D eigenvalue weighted by molar-refractivity contribution is 7.09. The molecule has 0 radical (unpaired) electrons. The van der Waals surface area contributed by atoms with E-state index in [1.807, 2.05) is 41.8 Å². The van der Waals surface area contributed by atoms with E-state index in [1.54, 1.807) is 11.3 Å². The van der Waals surface area contributed by atoms with Crippen LogP contribution in [0.15, 0.2) is 41.8 Å². The summed E-state index contributed by atoms with van der Waals surface area (Å²) in [5.41, 5.74) is 2.06. The van der Waals surface area contributed by atoms with E-state index in [4.69, 9.17) is 0 Å². The zero-order valence-electron chi connectivity index (χ0n) is 13.7. The van der Waals surface area contributed by atoms with Crippen LogP contribution in [-0.4, -0.2) is 40.7 Å². The van der Waals surface area contributed by atoms with Crippen molar-refractivity contribution in [2.45, 2.75) is 37.4 Å². The van der Waals surface area contributed by atoms with Crippen LogP contribution >= 0.6 is 11.3 Å². The van der Waals surface area contributed by atoms with Crippen LogP contribution in [0.2, 0.25) is 0 Å². The maximum atomic E-state index is 12.1. The topological polar surface area (TPSA) is 86.6 Å². The zero-order valence-corrected chi connectivity index (χ0v) is 14.5. The largest absolute Gasteiger partial charge is 0.389 e. The number of carbonyl (C=O) groups is 2. The molecular formula is C19H21NO4S. The minimum Gasteiger partial charge on any atom is -0.389 e. The number of ketones is 1. The number of benzene rings is 1. The number of hydrogen-bond donors (Lipinski definition) is 3. The lowest BCUT2D eigenvalue weighted by atomic mass is 9.90. The second-order valence-corrected chi connectivity index (χ2v) is 7.26. The zero-order chi connectivity index (χ0) is 17.8. The number of fused-ring (bicyclic) bond motifs is 1. The lowest BCUT2D eigenvalue weighted by molar-refractivity contribution is -0.147. The predicted molar refractivity (Wildman–Crippen MR) is 95.6 cm³/mol. The molecule has 5 nitrogen and oxygen atoms in total. The molecule has 1 heterocycles. The number of Topliss-reactive ketones (excluding diaryl/α,β-unsaturated/α-hetero) is 1. The summed E-state index contributed by atoms with van der Waals surface area (Å²) in [5.74, 6) is -2.16. The van der Waals surface area contributed by atoms with Gasteiger partial charge in [-0.05, 0) is 41.8 Å². The second-order valence-electron chi connectivity index (χ2n) is 6.23. The summed E-state index contributed by atoms with van der Waals surface area (Å²) in [5, 5.41) is 25.0. The molecule has 0 spiro atoms. The number of aryl methyl sites for hydroxylation is 1. The third-order valence-electron chi connectivity index (χ3n) is 4.64. The van der Waals surface area contributed by atoms with Crippen LogP contribution in [0.1, 0.15) is 28.3 Å². The maximum absolute atomic E-state index is 12.1. The van der Waals surface area contributed by atoms with Crippen molar-refractivity contribution >= 4 is 23.0 Å². The third-order valence-corrected chi connectivity index (χ3v) is 5.58. The molecule has 1 aliphatic rings. The van der Waals surface area contributed by atoms with Crippen molar-refractivity contribution in [1.82, 2.24) is 5.32 Å². The van der Waals surface area contributed by atoms with E-state index in [2.05, 4.69) is 5.32 Å². The van der Waals surface area contributed by atoms with Gasteiger partial charge in [-0.25, -0.2) is 0 Å². The molecule has 2 unspecified atom stereocenters. The van der Waals surface area contributed by atoms with Crippen molar-refractivity contribution in [3.05, 3.63) is 57.8 Å².